The van der Waals surface area contributed by atoms with Gasteiger partial charge in [-0.25, -0.2) is 0 Å². The Bertz CT molecular complexity index is 424. The standard InChI is InChI=1S/C14H21NO2/c1-8(2)13(15)14(16)11-6-10(4)12(17-5)7-9(11)3/h6-8,13H,15H2,1-5H3. The van der Waals surface area contributed by atoms with Crippen LogP contribution in [0.1, 0.15) is 35.3 Å². The van der Waals surface area contributed by atoms with Crippen molar-refractivity contribution in [3.05, 3.63) is 28.8 Å². The van der Waals surface area contributed by atoms with Gasteiger partial charge in [0.1, 0.15) is 5.75 Å². The van der Waals surface area contributed by atoms with Gasteiger partial charge in [-0.15, -0.1) is 0 Å². The molecular formula is C14H21NO2. The summed E-state index contributed by atoms with van der Waals surface area (Å²) in [6.07, 6.45) is 0. The second-order valence-electron chi connectivity index (χ2n) is 4.77. The zero-order valence-corrected chi connectivity index (χ0v) is 11.2. The van der Waals surface area contributed by atoms with Crippen molar-refractivity contribution in [1.82, 2.24) is 0 Å². The molecule has 0 heterocycles. The molecule has 1 unspecified atom stereocenters. The van der Waals surface area contributed by atoms with E-state index in [1.807, 2.05) is 39.8 Å². The van der Waals surface area contributed by atoms with Crippen LogP contribution in [0.3, 0.4) is 0 Å². The topological polar surface area (TPSA) is 52.3 Å². The van der Waals surface area contributed by atoms with Gasteiger partial charge in [-0.2, -0.15) is 0 Å². The molecule has 0 bridgehead atoms. The van der Waals surface area contributed by atoms with Crippen LogP contribution in [-0.2, 0) is 0 Å². The molecule has 0 spiro atoms. The minimum Gasteiger partial charge on any atom is -0.496 e. The number of carbonyl (C=O) groups is 1. The normalized spacial score (nSPS) is 12.6. The van der Waals surface area contributed by atoms with Gasteiger partial charge in [0, 0.05) is 5.56 Å². The Kier molecular flexibility index (Phi) is 4.29. The summed E-state index contributed by atoms with van der Waals surface area (Å²) >= 11 is 0. The SMILES string of the molecule is COc1cc(C)c(C(=O)C(N)C(C)C)cc1C. The van der Waals surface area contributed by atoms with Crippen LogP contribution in [0.15, 0.2) is 12.1 Å². The number of Topliss-reactive ketones (excluding diaryl/α,β-unsaturated/α-hetero) is 1. The molecule has 0 saturated heterocycles. The molecule has 17 heavy (non-hydrogen) atoms. The number of methoxy groups -OCH3 is 1. The van der Waals surface area contributed by atoms with E-state index in [0.717, 1.165) is 16.9 Å². The van der Waals surface area contributed by atoms with E-state index in [4.69, 9.17) is 10.5 Å². The first-order valence-electron chi connectivity index (χ1n) is 5.83. The van der Waals surface area contributed by atoms with Gasteiger partial charge in [0.15, 0.2) is 5.78 Å². The number of carbonyl (C=O) groups excluding carboxylic acids is 1. The van der Waals surface area contributed by atoms with E-state index >= 15 is 0 Å². The third kappa shape index (κ3) is 2.86. The van der Waals surface area contributed by atoms with Gasteiger partial charge < -0.3 is 10.5 Å². The largest absolute Gasteiger partial charge is 0.496 e. The summed E-state index contributed by atoms with van der Waals surface area (Å²) < 4.78 is 5.23. The first-order valence-corrected chi connectivity index (χ1v) is 5.83. The Hall–Kier alpha value is -1.35. The quantitative estimate of drug-likeness (QED) is 0.816. The Morgan fingerprint density at radius 2 is 1.82 bits per heavy atom. The van der Waals surface area contributed by atoms with Crippen LogP contribution in [0.25, 0.3) is 0 Å². The summed E-state index contributed by atoms with van der Waals surface area (Å²) in [6, 6.07) is 3.30. The fourth-order valence-electron chi connectivity index (χ4n) is 1.76. The predicted octanol–water partition coefficient (Wildman–Crippen LogP) is 2.48. The number of ketones is 1. The summed E-state index contributed by atoms with van der Waals surface area (Å²) in [5.74, 6) is 0.949. The van der Waals surface area contributed by atoms with Crippen LogP contribution in [0, 0.1) is 19.8 Å². The molecule has 1 atom stereocenters. The lowest BCUT2D eigenvalue weighted by Crippen LogP contribution is -2.35. The second-order valence-corrected chi connectivity index (χ2v) is 4.77. The van der Waals surface area contributed by atoms with Gasteiger partial charge in [-0.1, -0.05) is 13.8 Å². The number of aryl methyl sites for hydroxylation is 2. The third-order valence-corrected chi connectivity index (χ3v) is 3.03. The molecule has 0 saturated carbocycles. The third-order valence-electron chi connectivity index (χ3n) is 3.03. The van der Waals surface area contributed by atoms with Crippen LogP contribution in [-0.4, -0.2) is 18.9 Å². The van der Waals surface area contributed by atoms with E-state index in [2.05, 4.69) is 0 Å². The second kappa shape index (κ2) is 5.32. The molecule has 1 rings (SSSR count). The zero-order chi connectivity index (χ0) is 13.2. The molecule has 0 amide bonds. The highest BCUT2D eigenvalue weighted by Gasteiger charge is 2.21. The van der Waals surface area contributed by atoms with Crippen LogP contribution in [0.4, 0.5) is 0 Å². The molecule has 1 aromatic rings. The molecule has 0 aromatic heterocycles. The van der Waals surface area contributed by atoms with Crippen LogP contribution in [0.5, 0.6) is 5.75 Å². The first-order chi connectivity index (χ1) is 7.88. The summed E-state index contributed by atoms with van der Waals surface area (Å²) in [6.45, 7) is 7.74. The maximum absolute atomic E-state index is 12.2. The van der Waals surface area contributed by atoms with Crippen molar-refractivity contribution in [2.75, 3.05) is 7.11 Å². The molecule has 2 N–H and O–H groups in total. The van der Waals surface area contributed by atoms with Crippen LogP contribution in [0.2, 0.25) is 0 Å². The number of hydrogen-bond acceptors (Lipinski definition) is 3. The van der Waals surface area contributed by atoms with E-state index in [0.29, 0.717) is 5.56 Å². The number of benzene rings is 1. The molecule has 3 heteroatoms. The molecule has 0 fully saturated rings. The summed E-state index contributed by atoms with van der Waals surface area (Å²) in [4.78, 5) is 12.2. The summed E-state index contributed by atoms with van der Waals surface area (Å²) in [5.41, 5.74) is 8.47. The Morgan fingerprint density at radius 1 is 1.24 bits per heavy atom. The average molecular weight is 235 g/mol. The number of rotatable bonds is 4. The number of nitrogens with two attached hydrogens (primary N) is 1. The fourth-order valence-corrected chi connectivity index (χ4v) is 1.76. The van der Waals surface area contributed by atoms with Crippen molar-refractivity contribution in [1.29, 1.82) is 0 Å². The number of ether oxygens (including phenoxy) is 1. The molecular weight excluding hydrogens is 214 g/mol. The van der Waals surface area contributed by atoms with Gasteiger partial charge in [0.25, 0.3) is 0 Å². The minimum absolute atomic E-state index is 0.00301. The monoisotopic (exact) mass is 235 g/mol. The van der Waals surface area contributed by atoms with E-state index < -0.39 is 6.04 Å². The van der Waals surface area contributed by atoms with Crippen LogP contribution >= 0.6 is 0 Å². The van der Waals surface area contributed by atoms with Gasteiger partial charge in [-0.05, 0) is 43.0 Å². The zero-order valence-electron chi connectivity index (χ0n) is 11.2. The Balaban J connectivity index is 3.15. The molecule has 1 aromatic carbocycles. The lowest BCUT2D eigenvalue weighted by atomic mass is 9.92. The Morgan fingerprint density at radius 3 is 2.29 bits per heavy atom. The van der Waals surface area contributed by atoms with Crippen molar-refractivity contribution >= 4 is 5.78 Å². The minimum atomic E-state index is -0.443. The molecule has 3 nitrogen and oxygen atoms in total. The smallest absolute Gasteiger partial charge is 0.180 e. The molecule has 0 aliphatic carbocycles. The maximum Gasteiger partial charge on any atom is 0.180 e. The van der Waals surface area contributed by atoms with Crippen LogP contribution < -0.4 is 10.5 Å². The molecule has 0 aliphatic rings. The molecule has 0 radical (unpaired) electrons. The molecule has 0 aliphatic heterocycles. The highest BCUT2D eigenvalue weighted by molar-refractivity contribution is 6.01. The summed E-state index contributed by atoms with van der Waals surface area (Å²) in [5, 5.41) is 0. The van der Waals surface area contributed by atoms with Crippen molar-refractivity contribution in [3.63, 3.8) is 0 Å². The van der Waals surface area contributed by atoms with Gasteiger partial charge in [0.05, 0.1) is 13.2 Å². The fraction of sp³-hybridized carbons (Fsp3) is 0.500. The van der Waals surface area contributed by atoms with Crippen molar-refractivity contribution in [2.24, 2.45) is 11.7 Å². The van der Waals surface area contributed by atoms with E-state index in [1.165, 1.54) is 0 Å². The van der Waals surface area contributed by atoms with E-state index in [9.17, 15) is 4.79 Å². The van der Waals surface area contributed by atoms with Gasteiger partial charge >= 0.3 is 0 Å². The van der Waals surface area contributed by atoms with Crippen molar-refractivity contribution in [2.45, 2.75) is 33.7 Å². The predicted molar refractivity (Wildman–Crippen MR) is 69.6 cm³/mol. The first kappa shape index (κ1) is 13.7. The average Bonchev–Trinajstić information content (AvgIpc) is 2.29. The van der Waals surface area contributed by atoms with Gasteiger partial charge in [0.2, 0.25) is 0 Å². The summed E-state index contributed by atoms with van der Waals surface area (Å²) in [7, 11) is 1.63. The number of hydrogen-bond donors (Lipinski definition) is 1. The van der Waals surface area contributed by atoms with Crippen molar-refractivity contribution < 1.29 is 9.53 Å². The maximum atomic E-state index is 12.2. The van der Waals surface area contributed by atoms with E-state index in [-0.39, 0.29) is 11.7 Å². The van der Waals surface area contributed by atoms with Gasteiger partial charge in [-0.3, -0.25) is 4.79 Å². The highest BCUT2D eigenvalue weighted by atomic mass is 16.5. The Labute approximate surface area is 103 Å². The molecule has 94 valence electrons. The van der Waals surface area contributed by atoms with E-state index in [1.54, 1.807) is 7.11 Å². The lowest BCUT2D eigenvalue weighted by molar-refractivity contribution is 0.0940. The van der Waals surface area contributed by atoms with Crippen molar-refractivity contribution in [3.8, 4) is 5.75 Å². The highest BCUT2D eigenvalue weighted by Crippen LogP contribution is 2.23. The lowest BCUT2D eigenvalue weighted by Gasteiger charge is -2.17.